The number of hydrogen-bond acceptors (Lipinski definition) is 3. The van der Waals surface area contributed by atoms with Crippen molar-refractivity contribution in [2.75, 3.05) is 25.6 Å². The number of benzene rings is 2. The summed E-state index contributed by atoms with van der Waals surface area (Å²) in [4.78, 5) is 12.5. The van der Waals surface area contributed by atoms with Gasteiger partial charge in [-0.05, 0) is 24.3 Å². The molecule has 2 rings (SSSR count). The molecule has 0 fully saturated rings. The van der Waals surface area contributed by atoms with Crippen LogP contribution in [0.25, 0.3) is 0 Å². The molecule has 1 N–H and O–H groups in total. The number of anilines is 1. The molecule has 2 aromatic rings. The fourth-order valence-corrected chi connectivity index (χ4v) is 2.42. The second-order valence-corrected chi connectivity index (χ2v) is 5.76. The summed E-state index contributed by atoms with van der Waals surface area (Å²) < 4.78 is 10.5. The van der Waals surface area contributed by atoms with Gasteiger partial charge in [0.2, 0.25) is 0 Å². The van der Waals surface area contributed by atoms with Crippen molar-refractivity contribution < 1.29 is 14.3 Å². The van der Waals surface area contributed by atoms with Crippen LogP contribution in [0, 0.1) is 0 Å². The fourth-order valence-electron chi connectivity index (χ4n) is 1.82. The molecule has 0 aromatic heterocycles. The first kappa shape index (κ1) is 17.9. The fraction of sp³-hybridized carbons (Fsp3) is 0.188. The maximum absolute atomic E-state index is 12.5. The van der Waals surface area contributed by atoms with Crippen molar-refractivity contribution in [2.24, 2.45) is 0 Å². The zero-order chi connectivity index (χ0) is 16.8. The minimum Gasteiger partial charge on any atom is -0.490 e. The number of methoxy groups -OCH3 is 1. The van der Waals surface area contributed by atoms with E-state index in [0.29, 0.717) is 45.3 Å². The quantitative estimate of drug-likeness (QED) is 0.576. The van der Waals surface area contributed by atoms with E-state index in [2.05, 4.69) is 5.32 Å². The van der Waals surface area contributed by atoms with Gasteiger partial charge in [0.15, 0.2) is 0 Å². The van der Waals surface area contributed by atoms with Gasteiger partial charge in [-0.15, -0.1) is 0 Å². The molecule has 1 amide bonds. The summed E-state index contributed by atoms with van der Waals surface area (Å²) >= 11 is 17.9. The molecule has 0 bridgehead atoms. The maximum Gasteiger partial charge on any atom is 0.259 e. The van der Waals surface area contributed by atoms with Gasteiger partial charge in [-0.3, -0.25) is 4.79 Å². The SMILES string of the molecule is COCCOc1ccccc1C(=O)Nc1cc(Cl)c(Cl)cc1Cl. The second-order valence-electron chi connectivity index (χ2n) is 4.54. The van der Waals surface area contributed by atoms with Gasteiger partial charge in [0.25, 0.3) is 5.91 Å². The Hall–Kier alpha value is -1.46. The summed E-state index contributed by atoms with van der Waals surface area (Å²) in [5, 5.41) is 3.62. The van der Waals surface area contributed by atoms with Crippen LogP contribution in [0.4, 0.5) is 5.69 Å². The van der Waals surface area contributed by atoms with Crippen LogP contribution in [0.3, 0.4) is 0 Å². The highest BCUT2D eigenvalue weighted by Gasteiger charge is 2.15. The van der Waals surface area contributed by atoms with Crippen molar-refractivity contribution in [3.8, 4) is 5.75 Å². The normalized spacial score (nSPS) is 10.4. The van der Waals surface area contributed by atoms with Crippen LogP contribution in [0.5, 0.6) is 5.75 Å². The van der Waals surface area contributed by atoms with Gasteiger partial charge in [0.1, 0.15) is 12.4 Å². The van der Waals surface area contributed by atoms with Gasteiger partial charge in [-0.1, -0.05) is 46.9 Å². The largest absolute Gasteiger partial charge is 0.490 e. The lowest BCUT2D eigenvalue weighted by Gasteiger charge is -2.12. The van der Waals surface area contributed by atoms with E-state index in [1.807, 2.05) is 0 Å². The number of para-hydroxylation sites is 1. The molecule has 0 aliphatic carbocycles. The zero-order valence-corrected chi connectivity index (χ0v) is 14.5. The Bertz CT molecular complexity index is 707. The Morgan fingerprint density at radius 1 is 1.04 bits per heavy atom. The molecular formula is C16H14Cl3NO3. The summed E-state index contributed by atoms with van der Waals surface area (Å²) in [6.45, 7) is 0.767. The van der Waals surface area contributed by atoms with E-state index in [9.17, 15) is 4.79 Å². The average Bonchev–Trinajstić information content (AvgIpc) is 2.53. The number of halogens is 3. The Balaban J connectivity index is 2.19. The van der Waals surface area contributed by atoms with Crippen LogP contribution in [0.2, 0.25) is 15.1 Å². The highest BCUT2D eigenvalue weighted by molar-refractivity contribution is 6.44. The number of amides is 1. The smallest absolute Gasteiger partial charge is 0.259 e. The standard InChI is InChI=1S/C16H14Cl3NO3/c1-22-6-7-23-15-5-3-2-4-10(15)16(21)20-14-9-12(18)11(17)8-13(14)19/h2-5,8-9H,6-7H2,1H3,(H,20,21). The Morgan fingerprint density at radius 3 is 2.48 bits per heavy atom. The minimum atomic E-state index is -0.363. The van der Waals surface area contributed by atoms with Gasteiger partial charge >= 0.3 is 0 Å². The van der Waals surface area contributed by atoms with E-state index in [1.54, 1.807) is 31.4 Å². The van der Waals surface area contributed by atoms with E-state index in [1.165, 1.54) is 12.1 Å². The molecule has 122 valence electrons. The first-order chi connectivity index (χ1) is 11.0. The molecule has 7 heteroatoms. The number of carbonyl (C=O) groups excluding carboxylic acids is 1. The van der Waals surface area contributed by atoms with Crippen molar-refractivity contribution in [1.82, 2.24) is 0 Å². The summed E-state index contributed by atoms with van der Waals surface area (Å²) in [6, 6.07) is 9.87. The van der Waals surface area contributed by atoms with Crippen molar-refractivity contribution in [3.63, 3.8) is 0 Å². The van der Waals surface area contributed by atoms with E-state index in [4.69, 9.17) is 44.3 Å². The first-order valence-electron chi connectivity index (χ1n) is 6.69. The number of hydrogen-bond donors (Lipinski definition) is 1. The molecule has 0 saturated heterocycles. The molecule has 0 aliphatic rings. The molecule has 2 aromatic carbocycles. The van der Waals surface area contributed by atoms with Gasteiger partial charge < -0.3 is 14.8 Å². The predicted molar refractivity (Wildman–Crippen MR) is 93.2 cm³/mol. The summed E-state index contributed by atoms with van der Waals surface area (Å²) in [5.74, 6) is 0.0940. The highest BCUT2D eigenvalue weighted by Crippen LogP contribution is 2.32. The first-order valence-corrected chi connectivity index (χ1v) is 7.83. The Kier molecular flexibility index (Phi) is 6.54. The lowest BCUT2D eigenvalue weighted by molar-refractivity contribution is 0.101. The van der Waals surface area contributed by atoms with E-state index in [0.717, 1.165) is 0 Å². The maximum atomic E-state index is 12.5. The van der Waals surface area contributed by atoms with Crippen LogP contribution < -0.4 is 10.1 Å². The van der Waals surface area contributed by atoms with Gasteiger partial charge in [0.05, 0.1) is 32.9 Å². The van der Waals surface area contributed by atoms with Crippen molar-refractivity contribution in [2.45, 2.75) is 0 Å². The number of nitrogens with one attached hydrogen (secondary N) is 1. The van der Waals surface area contributed by atoms with E-state index >= 15 is 0 Å². The second kappa shape index (κ2) is 8.41. The average molecular weight is 375 g/mol. The Labute approximate surface area is 149 Å². The van der Waals surface area contributed by atoms with Crippen LogP contribution >= 0.6 is 34.8 Å². The third-order valence-electron chi connectivity index (χ3n) is 2.93. The van der Waals surface area contributed by atoms with E-state index in [-0.39, 0.29) is 5.91 Å². The van der Waals surface area contributed by atoms with Gasteiger partial charge in [-0.2, -0.15) is 0 Å². The molecule has 4 nitrogen and oxygen atoms in total. The third kappa shape index (κ3) is 4.75. The number of ether oxygens (including phenoxy) is 2. The monoisotopic (exact) mass is 373 g/mol. The van der Waals surface area contributed by atoms with Gasteiger partial charge in [-0.25, -0.2) is 0 Å². The summed E-state index contributed by atoms with van der Waals surface area (Å²) in [5.41, 5.74) is 0.753. The summed E-state index contributed by atoms with van der Waals surface area (Å²) in [6.07, 6.45) is 0. The number of rotatable bonds is 6. The zero-order valence-electron chi connectivity index (χ0n) is 12.2. The van der Waals surface area contributed by atoms with Crippen LogP contribution in [-0.4, -0.2) is 26.2 Å². The third-order valence-corrected chi connectivity index (χ3v) is 3.97. The predicted octanol–water partition coefficient (Wildman–Crippen LogP) is 4.92. The topological polar surface area (TPSA) is 47.6 Å². The molecule has 23 heavy (non-hydrogen) atoms. The van der Waals surface area contributed by atoms with E-state index < -0.39 is 0 Å². The van der Waals surface area contributed by atoms with Crippen LogP contribution in [0.15, 0.2) is 36.4 Å². The molecule has 0 radical (unpaired) electrons. The van der Waals surface area contributed by atoms with Crippen LogP contribution in [-0.2, 0) is 4.74 Å². The number of carbonyl (C=O) groups is 1. The van der Waals surface area contributed by atoms with Crippen molar-refractivity contribution >= 4 is 46.4 Å². The molecule has 0 unspecified atom stereocenters. The lowest BCUT2D eigenvalue weighted by atomic mass is 10.2. The highest BCUT2D eigenvalue weighted by atomic mass is 35.5. The van der Waals surface area contributed by atoms with Crippen molar-refractivity contribution in [3.05, 3.63) is 57.0 Å². The molecule has 0 aliphatic heterocycles. The lowest BCUT2D eigenvalue weighted by Crippen LogP contribution is -2.15. The molecule has 0 spiro atoms. The molecular weight excluding hydrogens is 361 g/mol. The molecule has 0 atom stereocenters. The summed E-state index contributed by atoms with van der Waals surface area (Å²) in [7, 11) is 1.58. The van der Waals surface area contributed by atoms with Crippen molar-refractivity contribution in [1.29, 1.82) is 0 Å². The van der Waals surface area contributed by atoms with Gasteiger partial charge in [0, 0.05) is 7.11 Å². The molecule has 0 heterocycles. The minimum absolute atomic E-state index is 0.297. The Morgan fingerprint density at radius 2 is 1.74 bits per heavy atom. The molecule has 0 saturated carbocycles. The van der Waals surface area contributed by atoms with Crippen LogP contribution in [0.1, 0.15) is 10.4 Å².